The molecule has 1 aliphatic heterocycles. The molecule has 6 nitrogen and oxygen atoms in total. The quantitative estimate of drug-likeness (QED) is 0.872. The second-order valence-corrected chi connectivity index (χ2v) is 6.06. The molecule has 2 aromatic heterocycles. The third kappa shape index (κ3) is 1.78. The maximum atomic E-state index is 6.32. The summed E-state index contributed by atoms with van der Waals surface area (Å²) < 4.78 is 2.23. The van der Waals surface area contributed by atoms with E-state index in [1.807, 2.05) is 6.20 Å². The van der Waals surface area contributed by atoms with Gasteiger partial charge >= 0.3 is 0 Å². The monoisotopic (exact) mass is 272 g/mol. The highest BCUT2D eigenvalue weighted by molar-refractivity contribution is 5.49. The maximum Gasteiger partial charge on any atom is 0.182 e. The van der Waals surface area contributed by atoms with Gasteiger partial charge in [-0.1, -0.05) is 6.42 Å². The number of hydrogen-bond acceptors (Lipinski definition) is 4. The van der Waals surface area contributed by atoms with E-state index in [4.69, 9.17) is 5.73 Å². The fraction of sp³-hybridized carbons (Fsp3) is 0.643. The van der Waals surface area contributed by atoms with Crippen molar-refractivity contribution in [2.45, 2.75) is 57.0 Å². The minimum absolute atomic E-state index is 0.250. The zero-order valence-electron chi connectivity index (χ0n) is 11.6. The van der Waals surface area contributed by atoms with Gasteiger partial charge in [0.2, 0.25) is 0 Å². The normalized spacial score (nSPS) is 21.1. The zero-order valence-corrected chi connectivity index (χ0v) is 11.6. The van der Waals surface area contributed by atoms with Crippen LogP contribution in [-0.2, 0) is 18.5 Å². The Morgan fingerprint density at radius 2 is 2.05 bits per heavy atom. The van der Waals surface area contributed by atoms with E-state index in [0.717, 1.165) is 49.0 Å². The number of imidazole rings is 1. The van der Waals surface area contributed by atoms with E-state index in [1.165, 1.54) is 25.7 Å². The molecule has 20 heavy (non-hydrogen) atoms. The smallest absolute Gasteiger partial charge is 0.182 e. The Labute approximate surface area is 117 Å². The molecule has 3 N–H and O–H groups in total. The molecule has 0 amide bonds. The van der Waals surface area contributed by atoms with E-state index >= 15 is 0 Å². The minimum Gasteiger partial charge on any atom is -0.338 e. The van der Waals surface area contributed by atoms with Gasteiger partial charge in [0.1, 0.15) is 17.3 Å². The van der Waals surface area contributed by atoms with Crippen LogP contribution in [0.4, 0.5) is 0 Å². The molecule has 0 atom stereocenters. The molecule has 3 heterocycles. The molecule has 6 heteroatoms. The first-order valence-electron chi connectivity index (χ1n) is 7.53. The third-order valence-corrected chi connectivity index (χ3v) is 4.64. The Balaban J connectivity index is 1.69. The Morgan fingerprint density at radius 3 is 2.85 bits per heavy atom. The number of aromatic amines is 1. The molecule has 2 aliphatic rings. The summed E-state index contributed by atoms with van der Waals surface area (Å²) in [6, 6.07) is 0. The number of H-pyrrole nitrogens is 1. The Morgan fingerprint density at radius 1 is 1.15 bits per heavy atom. The molecule has 0 bridgehead atoms. The SMILES string of the molecule is NC1(c2ncc(-c3nnc4n3CCCCC4)[nH]2)CCC1. The minimum atomic E-state index is -0.250. The second kappa shape index (κ2) is 4.41. The average Bonchev–Trinajstić information content (AvgIpc) is 2.98. The van der Waals surface area contributed by atoms with Crippen LogP contribution in [0.25, 0.3) is 11.5 Å². The van der Waals surface area contributed by atoms with E-state index in [2.05, 4.69) is 24.7 Å². The Bertz CT molecular complexity index is 621. The van der Waals surface area contributed by atoms with Crippen molar-refractivity contribution in [3.63, 3.8) is 0 Å². The van der Waals surface area contributed by atoms with E-state index in [1.54, 1.807) is 0 Å². The van der Waals surface area contributed by atoms with Crippen LogP contribution in [0.1, 0.15) is 50.2 Å². The summed E-state index contributed by atoms with van der Waals surface area (Å²) in [5, 5.41) is 8.68. The molecule has 0 aromatic carbocycles. The van der Waals surface area contributed by atoms with Crippen LogP contribution >= 0.6 is 0 Å². The van der Waals surface area contributed by atoms with Crippen LogP contribution in [0, 0.1) is 0 Å². The van der Waals surface area contributed by atoms with Crippen molar-refractivity contribution in [1.82, 2.24) is 24.7 Å². The molecular formula is C14H20N6. The first-order valence-corrected chi connectivity index (χ1v) is 7.53. The number of rotatable bonds is 2. The Kier molecular flexibility index (Phi) is 2.66. The van der Waals surface area contributed by atoms with Crippen molar-refractivity contribution in [2.75, 3.05) is 0 Å². The second-order valence-electron chi connectivity index (χ2n) is 6.06. The summed E-state index contributed by atoms with van der Waals surface area (Å²) in [6.45, 7) is 1.000. The van der Waals surface area contributed by atoms with Gasteiger partial charge in [0.05, 0.1) is 11.7 Å². The van der Waals surface area contributed by atoms with Gasteiger partial charge in [-0.25, -0.2) is 4.98 Å². The van der Waals surface area contributed by atoms with Gasteiger partial charge in [0, 0.05) is 13.0 Å². The van der Waals surface area contributed by atoms with Crippen molar-refractivity contribution < 1.29 is 0 Å². The summed E-state index contributed by atoms with van der Waals surface area (Å²) in [5.74, 6) is 2.90. The topological polar surface area (TPSA) is 85.4 Å². The van der Waals surface area contributed by atoms with E-state index in [-0.39, 0.29) is 5.54 Å². The maximum absolute atomic E-state index is 6.32. The molecule has 2 aromatic rings. The first-order chi connectivity index (χ1) is 9.76. The highest BCUT2D eigenvalue weighted by atomic mass is 15.3. The van der Waals surface area contributed by atoms with Gasteiger partial charge in [-0.2, -0.15) is 0 Å². The van der Waals surface area contributed by atoms with Crippen LogP contribution in [0.15, 0.2) is 6.20 Å². The first kappa shape index (κ1) is 12.1. The van der Waals surface area contributed by atoms with Gasteiger partial charge in [-0.15, -0.1) is 10.2 Å². The predicted octanol–water partition coefficient (Wildman–Crippen LogP) is 1.73. The summed E-state index contributed by atoms with van der Waals surface area (Å²) in [6.07, 6.45) is 9.75. The van der Waals surface area contributed by atoms with Crippen molar-refractivity contribution in [2.24, 2.45) is 5.73 Å². The molecule has 1 aliphatic carbocycles. The molecule has 106 valence electrons. The number of nitrogens with two attached hydrogens (primary N) is 1. The van der Waals surface area contributed by atoms with Crippen molar-refractivity contribution >= 4 is 0 Å². The number of fused-ring (bicyclic) bond motifs is 1. The van der Waals surface area contributed by atoms with E-state index < -0.39 is 0 Å². The standard InChI is InChI=1S/C14H20N6/c15-14(6-4-7-14)13-16-9-10(17-13)12-19-18-11-5-2-1-3-8-20(11)12/h9H,1-8,15H2,(H,16,17). The predicted molar refractivity (Wildman–Crippen MR) is 74.9 cm³/mol. The van der Waals surface area contributed by atoms with Crippen LogP contribution in [0.2, 0.25) is 0 Å². The Hall–Kier alpha value is -1.69. The van der Waals surface area contributed by atoms with Crippen molar-refractivity contribution in [3.8, 4) is 11.5 Å². The molecule has 0 radical (unpaired) electrons. The summed E-state index contributed by atoms with van der Waals surface area (Å²) in [7, 11) is 0. The lowest BCUT2D eigenvalue weighted by molar-refractivity contribution is 0.240. The fourth-order valence-corrected chi connectivity index (χ4v) is 3.17. The zero-order chi connectivity index (χ0) is 13.6. The van der Waals surface area contributed by atoms with Gasteiger partial charge in [0.25, 0.3) is 0 Å². The summed E-state index contributed by atoms with van der Waals surface area (Å²) in [5.41, 5.74) is 7.01. The molecule has 0 saturated heterocycles. The number of hydrogen-bond donors (Lipinski definition) is 2. The third-order valence-electron chi connectivity index (χ3n) is 4.64. The molecule has 1 fully saturated rings. The summed E-state index contributed by atoms with van der Waals surface area (Å²) >= 11 is 0. The van der Waals surface area contributed by atoms with Crippen molar-refractivity contribution in [3.05, 3.63) is 17.8 Å². The largest absolute Gasteiger partial charge is 0.338 e. The molecular weight excluding hydrogens is 252 g/mol. The van der Waals surface area contributed by atoms with Gasteiger partial charge < -0.3 is 15.3 Å². The van der Waals surface area contributed by atoms with Crippen molar-refractivity contribution in [1.29, 1.82) is 0 Å². The van der Waals surface area contributed by atoms with Gasteiger partial charge in [-0.3, -0.25) is 0 Å². The average molecular weight is 272 g/mol. The number of aryl methyl sites for hydroxylation is 1. The molecule has 0 unspecified atom stereocenters. The lowest BCUT2D eigenvalue weighted by Crippen LogP contribution is -2.44. The lowest BCUT2D eigenvalue weighted by atomic mass is 9.77. The van der Waals surface area contributed by atoms with E-state index in [0.29, 0.717) is 0 Å². The highest BCUT2D eigenvalue weighted by Gasteiger charge is 2.37. The van der Waals surface area contributed by atoms with Crippen LogP contribution < -0.4 is 5.73 Å². The lowest BCUT2D eigenvalue weighted by Gasteiger charge is -2.35. The molecule has 1 saturated carbocycles. The number of nitrogens with zero attached hydrogens (tertiary/aromatic N) is 4. The number of aromatic nitrogens is 5. The van der Waals surface area contributed by atoms with Gasteiger partial charge in [0.15, 0.2) is 5.82 Å². The van der Waals surface area contributed by atoms with Crippen LogP contribution in [0.5, 0.6) is 0 Å². The van der Waals surface area contributed by atoms with Crippen LogP contribution in [-0.4, -0.2) is 24.7 Å². The number of nitrogens with one attached hydrogen (secondary N) is 1. The molecule has 0 spiro atoms. The fourth-order valence-electron chi connectivity index (χ4n) is 3.17. The van der Waals surface area contributed by atoms with Crippen LogP contribution in [0.3, 0.4) is 0 Å². The summed E-state index contributed by atoms with van der Waals surface area (Å²) in [4.78, 5) is 7.85. The highest BCUT2D eigenvalue weighted by Crippen LogP contribution is 2.37. The van der Waals surface area contributed by atoms with Gasteiger partial charge in [-0.05, 0) is 32.1 Å². The van der Waals surface area contributed by atoms with E-state index in [9.17, 15) is 0 Å². The molecule has 4 rings (SSSR count).